The first-order chi connectivity index (χ1) is 7.50. The number of carbonyl (C=O) groups is 1. The monoisotopic (exact) mass is 294 g/mol. The maximum Gasteiger partial charge on any atom is 0.266 e. The normalized spacial score (nSPS) is 20.1. The number of amidine groups is 1. The number of hydrogen-bond acceptors (Lipinski definition) is 3. The van der Waals surface area contributed by atoms with Crippen molar-refractivity contribution in [1.82, 2.24) is 0 Å². The Labute approximate surface area is 111 Å². The number of carbonyl (C=O) groups excluding carboxylic acids is 1. The molecule has 84 valence electrons. The highest BCUT2D eigenvalue weighted by Crippen LogP contribution is 2.42. The van der Waals surface area contributed by atoms with Crippen LogP contribution in [-0.2, 0) is 4.79 Å². The van der Waals surface area contributed by atoms with Gasteiger partial charge in [0.15, 0.2) is 5.17 Å². The Bertz CT molecular complexity index is 504. The second-order valence-electron chi connectivity index (χ2n) is 3.05. The van der Waals surface area contributed by atoms with Crippen LogP contribution in [0.3, 0.4) is 0 Å². The third kappa shape index (κ3) is 2.02. The van der Waals surface area contributed by atoms with E-state index in [0.29, 0.717) is 10.6 Å². The molecule has 0 radical (unpaired) electrons. The van der Waals surface area contributed by atoms with Crippen molar-refractivity contribution >= 4 is 57.6 Å². The number of rotatable bonds is 1. The Morgan fingerprint density at radius 2 is 1.94 bits per heavy atom. The molecule has 1 atom stereocenters. The summed E-state index contributed by atoms with van der Waals surface area (Å²) < 4.78 is 0. The van der Waals surface area contributed by atoms with Crippen molar-refractivity contribution in [2.45, 2.75) is 5.25 Å². The van der Waals surface area contributed by atoms with Crippen LogP contribution in [0.5, 0.6) is 0 Å². The van der Waals surface area contributed by atoms with Gasteiger partial charge in [-0.2, -0.15) is 4.99 Å². The molecule has 1 aromatic rings. The molecule has 7 heteroatoms. The van der Waals surface area contributed by atoms with Gasteiger partial charge >= 0.3 is 0 Å². The summed E-state index contributed by atoms with van der Waals surface area (Å²) in [6.07, 6.45) is 0. The number of nitrogens with two attached hydrogens (primary N) is 1. The third-order valence-electron chi connectivity index (χ3n) is 2.03. The number of halogens is 3. The minimum Gasteiger partial charge on any atom is -0.378 e. The fraction of sp³-hybridized carbons (Fsp3) is 0.111. The molecule has 0 fully saturated rings. The van der Waals surface area contributed by atoms with Crippen LogP contribution in [0.15, 0.2) is 17.1 Å². The topological polar surface area (TPSA) is 55.4 Å². The van der Waals surface area contributed by atoms with Gasteiger partial charge in [-0.3, -0.25) is 4.79 Å². The van der Waals surface area contributed by atoms with E-state index in [0.717, 1.165) is 11.8 Å². The Kier molecular flexibility index (Phi) is 3.35. The molecule has 2 rings (SSSR count). The molecule has 0 saturated heterocycles. The lowest BCUT2D eigenvalue weighted by molar-refractivity contribution is -0.117. The fourth-order valence-electron chi connectivity index (χ4n) is 1.30. The van der Waals surface area contributed by atoms with Crippen LogP contribution in [0.2, 0.25) is 15.1 Å². The molecule has 1 aliphatic rings. The van der Waals surface area contributed by atoms with Gasteiger partial charge in [0.2, 0.25) is 0 Å². The SMILES string of the molecule is NC1=NC(=O)C(c2ccc(Cl)c(Cl)c2Cl)S1. The minimum absolute atomic E-state index is 0.233. The van der Waals surface area contributed by atoms with E-state index < -0.39 is 5.25 Å². The molecule has 1 unspecified atom stereocenters. The molecule has 1 heterocycles. The van der Waals surface area contributed by atoms with Gasteiger partial charge in [0.1, 0.15) is 5.25 Å². The zero-order valence-corrected chi connectivity index (χ0v) is 10.8. The molecule has 0 saturated carbocycles. The molecule has 0 aliphatic carbocycles. The summed E-state index contributed by atoms with van der Waals surface area (Å²) in [5, 5.41) is 0.559. The largest absolute Gasteiger partial charge is 0.378 e. The first-order valence-corrected chi connectivity index (χ1v) is 6.20. The lowest BCUT2D eigenvalue weighted by Gasteiger charge is -2.10. The molecule has 1 amide bonds. The lowest BCUT2D eigenvalue weighted by Crippen LogP contribution is -2.03. The molecule has 1 aromatic carbocycles. The van der Waals surface area contributed by atoms with Crippen LogP contribution in [0, 0.1) is 0 Å². The Balaban J connectivity index is 2.44. The van der Waals surface area contributed by atoms with E-state index in [2.05, 4.69) is 4.99 Å². The van der Waals surface area contributed by atoms with E-state index in [1.807, 2.05) is 0 Å². The van der Waals surface area contributed by atoms with E-state index in [1.165, 1.54) is 0 Å². The van der Waals surface area contributed by atoms with Crippen molar-refractivity contribution < 1.29 is 4.79 Å². The second-order valence-corrected chi connectivity index (χ2v) is 5.34. The zero-order chi connectivity index (χ0) is 11.9. The molecule has 0 bridgehead atoms. The highest BCUT2D eigenvalue weighted by atomic mass is 35.5. The van der Waals surface area contributed by atoms with Crippen LogP contribution >= 0.6 is 46.6 Å². The maximum absolute atomic E-state index is 11.5. The van der Waals surface area contributed by atoms with Crippen LogP contribution in [0.25, 0.3) is 0 Å². The van der Waals surface area contributed by atoms with Gasteiger partial charge in [0, 0.05) is 0 Å². The fourth-order valence-corrected chi connectivity index (χ4v) is 2.88. The summed E-state index contributed by atoms with van der Waals surface area (Å²) in [6.45, 7) is 0. The molecule has 16 heavy (non-hydrogen) atoms. The van der Waals surface area contributed by atoms with Crippen LogP contribution in [-0.4, -0.2) is 11.1 Å². The van der Waals surface area contributed by atoms with E-state index in [4.69, 9.17) is 40.5 Å². The van der Waals surface area contributed by atoms with E-state index >= 15 is 0 Å². The highest BCUT2D eigenvalue weighted by molar-refractivity contribution is 8.15. The first-order valence-electron chi connectivity index (χ1n) is 4.18. The number of amides is 1. The van der Waals surface area contributed by atoms with Gasteiger partial charge in [0.05, 0.1) is 15.1 Å². The highest BCUT2D eigenvalue weighted by Gasteiger charge is 2.31. The van der Waals surface area contributed by atoms with Gasteiger partial charge in [-0.15, -0.1) is 0 Å². The van der Waals surface area contributed by atoms with Gasteiger partial charge in [-0.1, -0.05) is 52.6 Å². The van der Waals surface area contributed by atoms with Crippen LogP contribution in [0.4, 0.5) is 0 Å². The van der Waals surface area contributed by atoms with Gasteiger partial charge in [0.25, 0.3) is 5.91 Å². The summed E-state index contributed by atoms with van der Waals surface area (Å²) in [4.78, 5) is 15.1. The van der Waals surface area contributed by atoms with Gasteiger partial charge in [-0.25, -0.2) is 0 Å². The quantitative estimate of drug-likeness (QED) is 0.809. The average Bonchev–Trinajstić information content (AvgIpc) is 2.55. The predicted octanol–water partition coefficient (Wildman–Crippen LogP) is 3.28. The predicted molar refractivity (Wildman–Crippen MR) is 68.4 cm³/mol. The smallest absolute Gasteiger partial charge is 0.266 e. The number of nitrogens with zero attached hydrogens (tertiary/aromatic N) is 1. The van der Waals surface area contributed by atoms with Gasteiger partial charge < -0.3 is 5.73 Å². The number of hydrogen-bond donors (Lipinski definition) is 1. The number of thioether (sulfide) groups is 1. The summed E-state index contributed by atoms with van der Waals surface area (Å²) in [6, 6.07) is 3.24. The molecular formula is C9H5Cl3N2OS. The van der Waals surface area contributed by atoms with Crippen molar-refractivity contribution in [2.24, 2.45) is 10.7 Å². The Morgan fingerprint density at radius 1 is 1.25 bits per heavy atom. The maximum atomic E-state index is 11.5. The van der Waals surface area contributed by atoms with Crippen molar-refractivity contribution in [3.05, 3.63) is 32.8 Å². The Hall–Kier alpha value is -0.420. The lowest BCUT2D eigenvalue weighted by atomic mass is 10.1. The van der Waals surface area contributed by atoms with Crippen LogP contribution < -0.4 is 5.73 Å². The minimum atomic E-state index is -0.526. The number of aliphatic imine (C=N–C) groups is 1. The molecular weight excluding hydrogens is 291 g/mol. The molecule has 1 aliphatic heterocycles. The van der Waals surface area contributed by atoms with E-state index in [9.17, 15) is 4.79 Å². The summed E-state index contributed by atoms with van der Waals surface area (Å²) in [5.74, 6) is -0.331. The van der Waals surface area contributed by atoms with Gasteiger partial charge in [-0.05, 0) is 11.6 Å². The van der Waals surface area contributed by atoms with E-state index in [-0.39, 0.29) is 21.1 Å². The Morgan fingerprint density at radius 3 is 2.50 bits per heavy atom. The molecule has 0 aromatic heterocycles. The third-order valence-corrected chi connectivity index (χ3v) is 4.36. The summed E-state index contributed by atoms with van der Waals surface area (Å²) in [7, 11) is 0. The summed E-state index contributed by atoms with van der Waals surface area (Å²) >= 11 is 18.9. The second kappa shape index (κ2) is 4.45. The number of benzene rings is 1. The van der Waals surface area contributed by atoms with Crippen molar-refractivity contribution in [3.8, 4) is 0 Å². The van der Waals surface area contributed by atoms with Crippen molar-refractivity contribution in [1.29, 1.82) is 0 Å². The molecule has 2 N–H and O–H groups in total. The van der Waals surface area contributed by atoms with Crippen molar-refractivity contribution in [2.75, 3.05) is 0 Å². The first kappa shape index (κ1) is 12.0. The average molecular weight is 296 g/mol. The van der Waals surface area contributed by atoms with Crippen LogP contribution in [0.1, 0.15) is 10.8 Å². The zero-order valence-electron chi connectivity index (χ0n) is 7.71. The standard InChI is InChI=1S/C9H5Cl3N2OS/c10-4-2-1-3(5(11)6(4)12)7-8(15)14-9(13)16-7/h1-2,7H,(H2,13,14,15). The summed E-state index contributed by atoms with van der Waals surface area (Å²) in [5.41, 5.74) is 6.04. The van der Waals surface area contributed by atoms with E-state index in [1.54, 1.807) is 12.1 Å². The molecule has 3 nitrogen and oxygen atoms in total. The molecule has 0 spiro atoms. The van der Waals surface area contributed by atoms with Crippen molar-refractivity contribution in [3.63, 3.8) is 0 Å².